The van der Waals surface area contributed by atoms with Gasteiger partial charge in [-0.05, 0) is 50.9 Å². The van der Waals surface area contributed by atoms with Gasteiger partial charge in [0.2, 0.25) is 41.4 Å². The first kappa shape index (κ1) is 47.0. The summed E-state index contributed by atoms with van der Waals surface area (Å²) in [6.45, 7) is 7.72. The van der Waals surface area contributed by atoms with E-state index in [2.05, 4.69) is 31.6 Å². The van der Waals surface area contributed by atoms with E-state index in [1.165, 1.54) is 11.8 Å². The van der Waals surface area contributed by atoms with Crippen LogP contribution in [0, 0.1) is 11.8 Å². The van der Waals surface area contributed by atoms with Crippen LogP contribution in [0.3, 0.4) is 0 Å². The number of carboxylic acid groups (broad SMARTS) is 1. The molecule has 306 valence electrons. The lowest BCUT2D eigenvalue weighted by atomic mass is 9.98. The number of aliphatic hydroxyl groups is 1. The molecule has 0 aliphatic carbocycles. The summed E-state index contributed by atoms with van der Waals surface area (Å²) in [4.78, 5) is 108. The molecule has 21 heteroatoms. The maximum atomic E-state index is 13.7. The molecule has 54 heavy (non-hydrogen) atoms. The molecule has 7 amide bonds. The Kier molecular flexibility index (Phi) is 19.9. The first-order valence-corrected chi connectivity index (χ1v) is 18.0. The molecule has 1 fully saturated rings. The minimum atomic E-state index is -1.67. The molecule has 0 saturated carbocycles. The third-order valence-corrected chi connectivity index (χ3v) is 8.78. The van der Waals surface area contributed by atoms with E-state index in [0.717, 1.165) is 0 Å². The number of carbonyl (C=O) groups is 8. The number of aliphatic carboxylic acids is 1. The summed E-state index contributed by atoms with van der Waals surface area (Å²) < 4.78 is 0. The fourth-order valence-corrected chi connectivity index (χ4v) is 5.62. The Morgan fingerprint density at radius 3 is 1.91 bits per heavy atom. The summed E-state index contributed by atoms with van der Waals surface area (Å²) in [5.74, 6) is -7.92. The molecule has 8 atom stereocenters. The van der Waals surface area contributed by atoms with Gasteiger partial charge in [0, 0.05) is 13.1 Å². The Bertz CT molecular complexity index is 1370. The van der Waals surface area contributed by atoms with Gasteiger partial charge in [-0.15, -0.1) is 0 Å². The Balaban J connectivity index is 3.17. The van der Waals surface area contributed by atoms with Crippen molar-refractivity contribution in [2.75, 3.05) is 19.7 Å². The molecule has 1 saturated heterocycles. The predicted molar refractivity (Wildman–Crippen MR) is 195 cm³/mol. The molecule has 21 nitrogen and oxygen atoms in total. The number of carboxylic acids is 1. The summed E-state index contributed by atoms with van der Waals surface area (Å²) in [7, 11) is 0. The SMILES string of the molecule is CC[C@H](C)[C@H](NC(=O)[C@H](CC(N)=O)NC(=O)[C@H](CO)NC(=O)[C@H](CC(C)C)NC(=O)[C@@H]1CCCN1C(=O)[C@H](CCCN=C(N)N)NC(=O)[C@H](C)N)C(=O)O. The van der Waals surface area contributed by atoms with Gasteiger partial charge >= 0.3 is 5.97 Å². The fraction of sp³-hybridized carbons (Fsp3) is 0.727. The van der Waals surface area contributed by atoms with Crippen molar-refractivity contribution in [3.63, 3.8) is 0 Å². The van der Waals surface area contributed by atoms with Gasteiger partial charge in [0.15, 0.2) is 5.96 Å². The van der Waals surface area contributed by atoms with E-state index in [4.69, 9.17) is 22.9 Å². The number of amides is 7. The molecule has 1 rings (SSSR count). The maximum Gasteiger partial charge on any atom is 0.326 e. The molecule has 1 heterocycles. The highest BCUT2D eigenvalue weighted by Gasteiger charge is 2.40. The number of rotatable bonds is 23. The molecule has 0 spiro atoms. The van der Waals surface area contributed by atoms with Gasteiger partial charge in [0.05, 0.1) is 19.1 Å². The lowest BCUT2D eigenvalue weighted by molar-refractivity contribution is -0.144. The molecule has 1 aliphatic heterocycles. The highest BCUT2D eigenvalue weighted by atomic mass is 16.4. The largest absolute Gasteiger partial charge is 0.480 e. The molecule has 15 N–H and O–H groups in total. The minimum absolute atomic E-state index is 0.0781. The summed E-state index contributed by atoms with van der Waals surface area (Å²) >= 11 is 0. The third kappa shape index (κ3) is 15.5. The topological polar surface area (TPSA) is 357 Å². The molecule has 0 aromatic rings. The molecule has 0 radical (unpaired) electrons. The molecule has 0 aromatic carbocycles. The Morgan fingerprint density at radius 2 is 1.39 bits per heavy atom. The van der Waals surface area contributed by atoms with Crippen LogP contribution in [0.15, 0.2) is 4.99 Å². The zero-order valence-electron chi connectivity index (χ0n) is 31.6. The highest BCUT2D eigenvalue weighted by Crippen LogP contribution is 2.21. The van der Waals surface area contributed by atoms with Crippen LogP contribution < -0.4 is 49.5 Å². The number of nitrogens with zero attached hydrogens (tertiary/aromatic N) is 2. The van der Waals surface area contributed by atoms with E-state index in [1.807, 2.05) is 0 Å². The van der Waals surface area contributed by atoms with Crippen molar-refractivity contribution in [3.05, 3.63) is 0 Å². The number of hydrogen-bond donors (Lipinski definition) is 11. The second kappa shape index (κ2) is 22.9. The van der Waals surface area contributed by atoms with Gasteiger partial charge < -0.3 is 64.6 Å². The molecule has 1 aliphatic rings. The number of aliphatic hydroxyl groups excluding tert-OH is 1. The van der Waals surface area contributed by atoms with E-state index in [-0.39, 0.29) is 44.2 Å². The molecule has 0 unspecified atom stereocenters. The Morgan fingerprint density at radius 1 is 0.815 bits per heavy atom. The van der Waals surface area contributed by atoms with Gasteiger partial charge in [0.25, 0.3) is 0 Å². The van der Waals surface area contributed by atoms with Crippen LogP contribution in [-0.2, 0) is 38.4 Å². The molecule has 0 aromatic heterocycles. The molecule has 0 bridgehead atoms. The van der Waals surface area contributed by atoms with Crippen LogP contribution in [0.1, 0.15) is 79.6 Å². The lowest BCUT2D eigenvalue weighted by Crippen LogP contribution is -2.60. The average molecular weight is 770 g/mol. The summed E-state index contributed by atoms with van der Waals surface area (Å²) in [5.41, 5.74) is 21.7. The van der Waals surface area contributed by atoms with Crippen molar-refractivity contribution in [1.82, 2.24) is 31.5 Å². The van der Waals surface area contributed by atoms with Crippen LogP contribution in [0.4, 0.5) is 0 Å². The van der Waals surface area contributed by atoms with Crippen LogP contribution in [0.2, 0.25) is 0 Å². The quantitative estimate of drug-likeness (QED) is 0.0267. The summed E-state index contributed by atoms with van der Waals surface area (Å²) in [5, 5.41) is 31.7. The van der Waals surface area contributed by atoms with Crippen molar-refractivity contribution >= 4 is 53.3 Å². The van der Waals surface area contributed by atoms with Crippen LogP contribution in [-0.4, -0.2) is 130 Å². The second-order valence-electron chi connectivity index (χ2n) is 13.9. The second-order valence-corrected chi connectivity index (χ2v) is 13.9. The average Bonchev–Trinajstić information content (AvgIpc) is 3.58. The monoisotopic (exact) mass is 769 g/mol. The predicted octanol–water partition coefficient (Wildman–Crippen LogP) is -4.15. The van der Waals surface area contributed by atoms with Gasteiger partial charge in [-0.1, -0.05) is 34.1 Å². The normalized spacial score (nSPS) is 17.8. The molecular weight excluding hydrogens is 710 g/mol. The first-order valence-electron chi connectivity index (χ1n) is 18.0. The van der Waals surface area contributed by atoms with E-state index < -0.39 is 109 Å². The number of hydrogen-bond acceptors (Lipinski definition) is 11. The number of guanidine groups is 1. The number of aliphatic imine (C=N–C) groups is 1. The van der Waals surface area contributed by atoms with Crippen molar-refractivity contribution in [2.24, 2.45) is 39.8 Å². The van der Waals surface area contributed by atoms with Gasteiger partial charge in [0.1, 0.15) is 36.3 Å². The van der Waals surface area contributed by atoms with E-state index in [9.17, 15) is 48.6 Å². The summed E-state index contributed by atoms with van der Waals surface area (Å²) in [6.07, 6.45) is 0.913. The van der Waals surface area contributed by atoms with Gasteiger partial charge in [-0.2, -0.15) is 0 Å². The van der Waals surface area contributed by atoms with Crippen LogP contribution in [0.5, 0.6) is 0 Å². The zero-order valence-corrected chi connectivity index (χ0v) is 31.6. The first-order chi connectivity index (χ1) is 25.2. The van der Waals surface area contributed by atoms with Crippen LogP contribution in [0.25, 0.3) is 0 Å². The van der Waals surface area contributed by atoms with Crippen molar-refractivity contribution in [2.45, 2.75) is 122 Å². The van der Waals surface area contributed by atoms with E-state index in [0.29, 0.717) is 19.3 Å². The number of primary amides is 1. The van der Waals surface area contributed by atoms with Gasteiger partial charge in [-0.25, -0.2) is 4.79 Å². The number of likely N-dealkylation sites (tertiary alicyclic amines) is 1. The standard InChI is InChI=1S/C33H59N11O10/c1-6-17(4)25(32(53)54)43-28(49)21(14-24(35)46)40-29(50)22(15-45)42-27(48)20(13-16(2)3)41-30(51)23-10-8-12-44(23)31(52)19(39-26(47)18(5)34)9-7-11-38-33(36)37/h16-23,25,45H,6-15,34H2,1-5H3,(H2,35,46)(H,39,47)(H,40,50)(H,41,51)(H,42,48)(H,43,49)(H,53,54)(H4,36,37,38)/t17-,18-,19-,20-,21-,22-,23-,25-/m0/s1. The van der Waals surface area contributed by atoms with Crippen molar-refractivity contribution in [1.29, 1.82) is 0 Å². The van der Waals surface area contributed by atoms with Crippen LogP contribution >= 0.6 is 0 Å². The lowest BCUT2D eigenvalue weighted by Gasteiger charge is -2.30. The number of nitrogens with one attached hydrogen (secondary N) is 5. The number of carbonyl (C=O) groups excluding carboxylic acids is 7. The minimum Gasteiger partial charge on any atom is -0.480 e. The molecular formula is C33H59N11O10. The van der Waals surface area contributed by atoms with Crippen molar-refractivity contribution < 1.29 is 48.6 Å². The Labute approximate surface area is 314 Å². The zero-order chi connectivity index (χ0) is 41.3. The maximum absolute atomic E-state index is 13.7. The smallest absolute Gasteiger partial charge is 0.326 e. The van der Waals surface area contributed by atoms with E-state index >= 15 is 0 Å². The third-order valence-electron chi connectivity index (χ3n) is 8.78. The Hall–Kier alpha value is -5.05. The van der Waals surface area contributed by atoms with Crippen molar-refractivity contribution in [3.8, 4) is 0 Å². The fourth-order valence-electron chi connectivity index (χ4n) is 5.62. The van der Waals surface area contributed by atoms with Gasteiger partial charge in [-0.3, -0.25) is 38.6 Å². The highest BCUT2D eigenvalue weighted by molar-refractivity contribution is 5.98. The summed E-state index contributed by atoms with van der Waals surface area (Å²) in [6, 6.07) is -8.88. The van der Waals surface area contributed by atoms with E-state index in [1.54, 1.807) is 27.7 Å². The number of nitrogens with two attached hydrogens (primary N) is 4.